The normalized spacial score (nSPS) is 10.6. The Morgan fingerprint density at radius 2 is 1.92 bits per heavy atom. The Morgan fingerprint density at radius 3 is 2.65 bits per heavy atom. The van der Waals surface area contributed by atoms with Crippen molar-refractivity contribution in [1.29, 1.82) is 0 Å². The molecule has 4 rings (SSSR count). The Morgan fingerprint density at radius 1 is 1.08 bits per heavy atom. The third-order valence-corrected chi connectivity index (χ3v) is 3.84. The van der Waals surface area contributed by atoms with Crippen molar-refractivity contribution in [3.8, 4) is 5.69 Å². The van der Waals surface area contributed by atoms with Gasteiger partial charge in [0.1, 0.15) is 12.7 Å². The molecule has 8 nitrogen and oxygen atoms in total. The quantitative estimate of drug-likeness (QED) is 0.598. The molecule has 0 unspecified atom stereocenters. The first kappa shape index (κ1) is 15.7. The Hall–Kier alpha value is -3.81. The van der Waals surface area contributed by atoms with E-state index < -0.39 is 0 Å². The summed E-state index contributed by atoms with van der Waals surface area (Å²) >= 11 is 0. The van der Waals surface area contributed by atoms with Gasteiger partial charge in [-0.15, -0.1) is 5.10 Å². The summed E-state index contributed by atoms with van der Waals surface area (Å²) in [7, 11) is 0. The lowest BCUT2D eigenvalue weighted by molar-refractivity contribution is 0.102. The van der Waals surface area contributed by atoms with Crippen molar-refractivity contribution in [2.24, 2.45) is 0 Å². The summed E-state index contributed by atoms with van der Waals surface area (Å²) in [5, 5.41) is 14.7. The van der Waals surface area contributed by atoms with E-state index in [1.54, 1.807) is 34.2 Å². The van der Waals surface area contributed by atoms with Gasteiger partial charge in [-0.25, -0.2) is 14.3 Å². The minimum Gasteiger partial charge on any atom is -0.322 e. The van der Waals surface area contributed by atoms with E-state index in [9.17, 15) is 4.79 Å². The number of para-hydroxylation sites is 1. The predicted octanol–water partition coefficient (Wildman–Crippen LogP) is 2.16. The number of anilines is 1. The summed E-state index contributed by atoms with van der Waals surface area (Å²) in [6, 6.07) is 14.9. The average Bonchev–Trinajstić information content (AvgIpc) is 3.37. The fourth-order valence-electron chi connectivity index (χ4n) is 2.60. The first-order valence-corrected chi connectivity index (χ1v) is 7.98. The number of nitrogens with one attached hydrogen (secondary N) is 1. The first-order chi connectivity index (χ1) is 12.8. The Labute approximate surface area is 149 Å². The van der Waals surface area contributed by atoms with Crippen molar-refractivity contribution in [3.05, 3.63) is 84.7 Å². The van der Waals surface area contributed by atoms with Gasteiger partial charge in [-0.2, -0.15) is 5.10 Å². The van der Waals surface area contributed by atoms with Crippen LogP contribution in [0.2, 0.25) is 0 Å². The topological polar surface area (TPSA) is 90.5 Å². The molecule has 2 aromatic carbocycles. The van der Waals surface area contributed by atoms with Crippen LogP contribution in [0, 0.1) is 0 Å². The van der Waals surface area contributed by atoms with Gasteiger partial charge in [-0.1, -0.05) is 29.5 Å². The number of benzene rings is 2. The maximum absolute atomic E-state index is 12.7. The van der Waals surface area contributed by atoms with Crippen LogP contribution in [0.15, 0.2) is 73.6 Å². The zero-order valence-corrected chi connectivity index (χ0v) is 13.7. The van der Waals surface area contributed by atoms with Crippen LogP contribution in [-0.2, 0) is 6.54 Å². The number of aromatic nitrogens is 6. The van der Waals surface area contributed by atoms with E-state index in [1.165, 1.54) is 6.33 Å². The molecule has 26 heavy (non-hydrogen) atoms. The molecule has 0 aliphatic heterocycles. The minimum absolute atomic E-state index is 0.208. The van der Waals surface area contributed by atoms with E-state index in [2.05, 4.69) is 25.7 Å². The Balaban J connectivity index is 1.50. The van der Waals surface area contributed by atoms with Crippen LogP contribution >= 0.6 is 0 Å². The third kappa shape index (κ3) is 3.34. The molecule has 0 radical (unpaired) electrons. The fraction of sp³-hybridized carbons (Fsp3) is 0.0556. The molecule has 1 N–H and O–H groups in total. The van der Waals surface area contributed by atoms with Crippen molar-refractivity contribution in [2.75, 3.05) is 5.32 Å². The van der Waals surface area contributed by atoms with Gasteiger partial charge in [-0.05, 0) is 29.8 Å². The van der Waals surface area contributed by atoms with Gasteiger partial charge in [0.05, 0.1) is 30.2 Å². The minimum atomic E-state index is -0.208. The SMILES string of the molecule is O=C(Nc1ccc(Cn2cncn2)cc1)c1ccccc1-n1ccnn1. The van der Waals surface area contributed by atoms with Crippen LogP contribution in [0.25, 0.3) is 5.69 Å². The molecule has 0 saturated heterocycles. The molecule has 0 aliphatic carbocycles. The van der Waals surface area contributed by atoms with E-state index >= 15 is 0 Å². The van der Waals surface area contributed by atoms with Gasteiger partial charge in [0, 0.05) is 5.69 Å². The largest absolute Gasteiger partial charge is 0.322 e. The molecule has 0 saturated carbocycles. The van der Waals surface area contributed by atoms with E-state index in [0.29, 0.717) is 23.5 Å². The van der Waals surface area contributed by atoms with Crippen LogP contribution in [0.1, 0.15) is 15.9 Å². The van der Waals surface area contributed by atoms with Gasteiger partial charge in [-0.3, -0.25) is 4.79 Å². The van der Waals surface area contributed by atoms with E-state index in [1.807, 2.05) is 42.5 Å². The zero-order valence-electron chi connectivity index (χ0n) is 13.7. The maximum Gasteiger partial charge on any atom is 0.257 e. The summed E-state index contributed by atoms with van der Waals surface area (Å²) in [4.78, 5) is 16.6. The fourth-order valence-corrected chi connectivity index (χ4v) is 2.60. The van der Waals surface area contributed by atoms with E-state index in [4.69, 9.17) is 0 Å². The zero-order chi connectivity index (χ0) is 17.8. The monoisotopic (exact) mass is 345 g/mol. The van der Waals surface area contributed by atoms with Crippen molar-refractivity contribution in [3.63, 3.8) is 0 Å². The second-order valence-corrected chi connectivity index (χ2v) is 5.61. The van der Waals surface area contributed by atoms with E-state index in [0.717, 1.165) is 5.56 Å². The highest BCUT2D eigenvalue weighted by Gasteiger charge is 2.13. The summed E-state index contributed by atoms with van der Waals surface area (Å²) < 4.78 is 3.30. The van der Waals surface area contributed by atoms with Gasteiger partial charge in [0.25, 0.3) is 5.91 Å². The van der Waals surface area contributed by atoms with Gasteiger partial charge in [0.2, 0.25) is 0 Å². The molecular formula is C18H15N7O. The summed E-state index contributed by atoms with van der Waals surface area (Å²) in [5.74, 6) is -0.208. The Bertz CT molecular complexity index is 992. The molecule has 2 aromatic heterocycles. The number of nitrogens with zero attached hydrogens (tertiary/aromatic N) is 6. The molecule has 4 aromatic rings. The van der Waals surface area contributed by atoms with Crippen molar-refractivity contribution >= 4 is 11.6 Å². The highest BCUT2D eigenvalue weighted by Crippen LogP contribution is 2.16. The van der Waals surface area contributed by atoms with Gasteiger partial charge in [0.15, 0.2) is 0 Å². The smallest absolute Gasteiger partial charge is 0.257 e. The summed E-state index contributed by atoms with van der Waals surface area (Å²) in [6.07, 6.45) is 6.44. The summed E-state index contributed by atoms with van der Waals surface area (Å²) in [6.45, 7) is 0.628. The second-order valence-electron chi connectivity index (χ2n) is 5.61. The van der Waals surface area contributed by atoms with Crippen LogP contribution in [0.3, 0.4) is 0 Å². The predicted molar refractivity (Wildman–Crippen MR) is 94.9 cm³/mol. The van der Waals surface area contributed by atoms with Crippen molar-refractivity contribution in [2.45, 2.75) is 6.54 Å². The lowest BCUT2D eigenvalue weighted by atomic mass is 10.1. The molecule has 2 heterocycles. The summed E-state index contributed by atoms with van der Waals surface area (Å²) in [5.41, 5.74) is 2.97. The lowest BCUT2D eigenvalue weighted by Gasteiger charge is -2.10. The van der Waals surface area contributed by atoms with E-state index in [-0.39, 0.29) is 5.91 Å². The third-order valence-electron chi connectivity index (χ3n) is 3.84. The maximum atomic E-state index is 12.7. The molecule has 0 bridgehead atoms. The number of carbonyl (C=O) groups is 1. The van der Waals surface area contributed by atoms with Crippen molar-refractivity contribution < 1.29 is 4.79 Å². The number of hydrogen-bond donors (Lipinski definition) is 1. The highest BCUT2D eigenvalue weighted by atomic mass is 16.1. The number of hydrogen-bond acceptors (Lipinski definition) is 5. The molecule has 0 fully saturated rings. The van der Waals surface area contributed by atoms with Crippen LogP contribution in [0.5, 0.6) is 0 Å². The second kappa shape index (κ2) is 6.98. The van der Waals surface area contributed by atoms with Crippen molar-refractivity contribution in [1.82, 2.24) is 29.8 Å². The van der Waals surface area contributed by atoms with Crippen LogP contribution in [0.4, 0.5) is 5.69 Å². The highest BCUT2D eigenvalue weighted by molar-refractivity contribution is 6.06. The number of amides is 1. The van der Waals surface area contributed by atoms with Crippen LogP contribution < -0.4 is 5.32 Å². The molecule has 0 spiro atoms. The standard InChI is InChI=1S/C18H15N7O/c26-18(16-3-1-2-4-17(16)25-10-9-20-23-25)22-15-7-5-14(6-8-15)11-24-13-19-12-21-24/h1-10,12-13H,11H2,(H,22,26). The molecule has 8 heteroatoms. The number of carbonyl (C=O) groups excluding carboxylic acids is 1. The van der Waals surface area contributed by atoms with Gasteiger partial charge < -0.3 is 5.32 Å². The first-order valence-electron chi connectivity index (χ1n) is 7.98. The molecule has 1 amide bonds. The molecule has 0 atom stereocenters. The van der Waals surface area contributed by atoms with Crippen LogP contribution in [-0.4, -0.2) is 35.7 Å². The average molecular weight is 345 g/mol. The van der Waals surface area contributed by atoms with Gasteiger partial charge >= 0.3 is 0 Å². The molecular weight excluding hydrogens is 330 g/mol. The molecule has 128 valence electrons. The number of rotatable bonds is 5. The Kier molecular flexibility index (Phi) is 4.21. The lowest BCUT2D eigenvalue weighted by Crippen LogP contribution is -2.15. The molecule has 0 aliphatic rings.